The van der Waals surface area contributed by atoms with Crippen molar-refractivity contribution in [3.05, 3.63) is 33.9 Å². The van der Waals surface area contributed by atoms with Crippen molar-refractivity contribution >= 4 is 23.9 Å². The highest BCUT2D eigenvalue weighted by atomic mass is 16.7. The first kappa shape index (κ1) is 33.6. The van der Waals surface area contributed by atoms with Crippen molar-refractivity contribution < 1.29 is 43.4 Å². The van der Waals surface area contributed by atoms with Crippen molar-refractivity contribution in [2.45, 2.75) is 90.6 Å². The van der Waals surface area contributed by atoms with E-state index >= 15 is 0 Å². The van der Waals surface area contributed by atoms with Crippen LogP contribution in [0.2, 0.25) is 0 Å². The van der Waals surface area contributed by atoms with Crippen molar-refractivity contribution in [2.75, 3.05) is 26.4 Å². The van der Waals surface area contributed by atoms with E-state index in [4.69, 9.17) is 24.1 Å². The normalized spacial score (nSPS) is 11.1. The third-order valence-electron chi connectivity index (χ3n) is 5.81. The van der Waals surface area contributed by atoms with Crippen molar-refractivity contribution in [3.63, 3.8) is 0 Å². The summed E-state index contributed by atoms with van der Waals surface area (Å²) in [5.41, 5.74) is -1.81. The Balaban J connectivity index is 2.13. The van der Waals surface area contributed by atoms with Gasteiger partial charge in [-0.1, -0.05) is 58.3 Å². The first-order valence-electron chi connectivity index (χ1n) is 13.5. The van der Waals surface area contributed by atoms with Crippen LogP contribution >= 0.6 is 0 Å². The molecule has 0 spiro atoms. The monoisotopic (exact) mass is 554 g/mol. The zero-order chi connectivity index (χ0) is 29.1. The largest absolute Gasteiger partial charge is 0.513 e. The molecule has 0 aromatic heterocycles. The smallest absolute Gasteiger partial charge is 0.477 e. The fourth-order valence-corrected chi connectivity index (χ4v) is 3.75. The SMILES string of the molecule is CCCCCCCCCCCC(C)(C)OC(=O)NCCOCCOC(=O)Oc1ccc([N+](=O)[O-])c(C(=O)O)c1. The van der Waals surface area contributed by atoms with Gasteiger partial charge in [0.2, 0.25) is 0 Å². The van der Waals surface area contributed by atoms with Gasteiger partial charge in [0.15, 0.2) is 0 Å². The molecule has 0 atom stereocenters. The van der Waals surface area contributed by atoms with Crippen LogP contribution in [0.5, 0.6) is 5.75 Å². The summed E-state index contributed by atoms with van der Waals surface area (Å²) >= 11 is 0. The predicted molar refractivity (Wildman–Crippen MR) is 143 cm³/mol. The third-order valence-corrected chi connectivity index (χ3v) is 5.81. The van der Waals surface area contributed by atoms with E-state index in [1.165, 1.54) is 44.9 Å². The molecule has 0 aliphatic heterocycles. The molecule has 12 heteroatoms. The molecule has 0 saturated heterocycles. The molecule has 0 radical (unpaired) electrons. The number of unbranched alkanes of at least 4 members (excludes halogenated alkanes) is 8. The number of hydrogen-bond acceptors (Lipinski definition) is 9. The number of nitro groups is 1. The van der Waals surface area contributed by atoms with E-state index in [0.29, 0.717) is 0 Å². The van der Waals surface area contributed by atoms with E-state index in [-0.39, 0.29) is 32.1 Å². The highest BCUT2D eigenvalue weighted by Crippen LogP contribution is 2.24. The molecule has 0 aliphatic carbocycles. The number of alkyl carbamates (subject to hydrolysis) is 1. The number of rotatable bonds is 20. The number of nitrogens with one attached hydrogen (secondary N) is 1. The minimum Gasteiger partial charge on any atom is -0.477 e. The number of ether oxygens (including phenoxy) is 4. The molecule has 0 aliphatic rings. The van der Waals surface area contributed by atoms with E-state index in [1.54, 1.807) is 0 Å². The molecular formula is C27H42N2O10. The van der Waals surface area contributed by atoms with Crippen molar-refractivity contribution in [1.82, 2.24) is 5.32 Å². The van der Waals surface area contributed by atoms with Crippen LogP contribution in [0, 0.1) is 10.1 Å². The minimum atomic E-state index is -1.53. The summed E-state index contributed by atoms with van der Waals surface area (Å²) in [6.07, 6.45) is 10.2. The number of carboxylic acids is 1. The van der Waals surface area contributed by atoms with Crippen molar-refractivity contribution in [3.8, 4) is 5.75 Å². The summed E-state index contributed by atoms with van der Waals surface area (Å²) in [6.45, 7) is 6.24. The van der Waals surface area contributed by atoms with Crippen LogP contribution < -0.4 is 10.1 Å². The van der Waals surface area contributed by atoms with E-state index in [2.05, 4.69) is 12.2 Å². The zero-order valence-corrected chi connectivity index (χ0v) is 23.2. The Morgan fingerprint density at radius 3 is 2.23 bits per heavy atom. The first-order chi connectivity index (χ1) is 18.6. The van der Waals surface area contributed by atoms with Crippen LogP contribution in [0.15, 0.2) is 18.2 Å². The molecule has 220 valence electrons. The Kier molecular flexibility index (Phi) is 16.2. The number of aromatic carboxylic acids is 1. The molecule has 0 saturated carbocycles. The lowest BCUT2D eigenvalue weighted by molar-refractivity contribution is -0.385. The number of nitro benzene ring substituents is 1. The van der Waals surface area contributed by atoms with E-state index < -0.39 is 40.0 Å². The molecule has 2 N–H and O–H groups in total. The maximum Gasteiger partial charge on any atom is 0.513 e. The Hall–Kier alpha value is -3.41. The second kappa shape index (κ2) is 18.8. The Bertz CT molecular complexity index is 920. The van der Waals surface area contributed by atoms with Crippen LogP contribution in [0.1, 0.15) is 95.3 Å². The van der Waals surface area contributed by atoms with Gasteiger partial charge >= 0.3 is 18.2 Å². The molecule has 0 unspecified atom stereocenters. The Labute approximate surface area is 229 Å². The standard InChI is InChI=1S/C27H42N2O10/c1-4-5-6-7-8-9-10-11-12-15-27(2,3)39-25(32)28-16-17-36-18-19-37-26(33)38-21-13-14-23(29(34)35)22(20-21)24(30)31/h13-14,20H,4-12,15-19H2,1-3H3,(H,28,32)(H,30,31). The Morgan fingerprint density at radius 2 is 1.62 bits per heavy atom. The number of carbonyl (C=O) groups is 3. The van der Waals surface area contributed by atoms with Crippen molar-refractivity contribution in [1.29, 1.82) is 0 Å². The molecule has 1 amide bonds. The van der Waals surface area contributed by atoms with Gasteiger partial charge in [0.1, 0.15) is 23.5 Å². The molecule has 1 aromatic carbocycles. The van der Waals surface area contributed by atoms with E-state index in [9.17, 15) is 24.5 Å². The summed E-state index contributed by atoms with van der Waals surface area (Å²) < 4.78 is 20.4. The quantitative estimate of drug-likeness (QED) is 0.0619. The number of nitrogens with zero attached hydrogens (tertiary/aromatic N) is 1. The fraction of sp³-hybridized carbons (Fsp3) is 0.667. The van der Waals surface area contributed by atoms with Gasteiger partial charge in [-0.05, 0) is 32.8 Å². The predicted octanol–water partition coefficient (Wildman–Crippen LogP) is 6.25. The molecular weight excluding hydrogens is 512 g/mol. The molecule has 1 aromatic rings. The lowest BCUT2D eigenvalue weighted by atomic mass is 9.99. The Morgan fingerprint density at radius 1 is 0.974 bits per heavy atom. The fourth-order valence-electron chi connectivity index (χ4n) is 3.75. The minimum absolute atomic E-state index is 0.0244. The average Bonchev–Trinajstić information content (AvgIpc) is 2.86. The highest BCUT2D eigenvalue weighted by Gasteiger charge is 2.23. The number of amides is 1. The maximum atomic E-state index is 12.0. The van der Waals surface area contributed by atoms with Crippen LogP contribution in [-0.2, 0) is 14.2 Å². The van der Waals surface area contributed by atoms with Gasteiger partial charge in [0.25, 0.3) is 5.69 Å². The molecule has 39 heavy (non-hydrogen) atoms. The van der Waals surface area contributed by atoms with Crippen LogP contribution in [0.3, 0.4) is 0 Å². The molecule has 0 heterocycles. The van der Waals surface area contributed by atoms with Gasteiger partial charge < -0.3 is 29.4 Å². The van der Waals surface area contributed by atoms with Crippen LogP contribution in [0.4, 0.5) is 15.3 Å². The number of hydrogen-bond donors (Lipinski definition) is 2. The van der Waals surface area contributed by atoms with Gasteiger partial charge in [0, 0.05) is 18.7 Å². The summed E-state index contributed by atoms with van der Waals surface area (Å²) in [5.74, 6) is -1.75. The number of carboxylic acid groups (broad SMARTS) is 1. The molecule has 0 fully saturated rings. The van der Waals surface area contributed by atoms with Crippen LogP contribution in [-0.4, -0.2) is 60.2 Å². The molecule has 1 rings (SSSR count). The summed E-state index contributed by atoms with van der Waals surface area (Å²) in [7, 11) is 0. The highest BCUT2D eigenvalue weighted by molar-refractivity contribution is 5.93. The topological polar surface area (TPSA) is 164 Å². The van der Waals surface area contributed by atoms with Gasteiger partial charge in [-0.25, -0.2) is 14.4 Å². The lowest BCUT2D eigenvalue weighted by Crippen LogP contribution is -2.36. The zero-order valence-electron chi connectivity index (χ0n) is 23.2. The molecule has 12 nitrogen and oxygen atoms in total. The van der Waals surface area contributed by atoms with Crippen LogP contribution in [0.25, 0.3) is 0 Å². The van der Waals surface area contributed by atoms with Crippen molar-refractivity contribution in [2.24, 2.45) is 0 Å². The summed E-state index contributed by atoms with van der Waals surface area (Å²) in [4.78, 5) is 45.0. The van der Waals surface area contributed by atoms with E-state index in [0.717, 1.165) is 37.5 Å². The maximum absolute atomic E-state index is 12.0. The second-order valence-electron chi connectivity index (χ2n) is 9.71. The first-order valence-corrected chi connectivity index (χ1v) is 13.5. The second-order valence-corrected chi connectivity index (χ2v) is 9.71. The van der Waals surface area contributed by atoms with Gasteiger partial charge in [-0.2, -0.15) is 0 Å². The number of carbonyl (C=O) groups excluding carboxylic acids is 2. The van der Waals surface area contributed by atoms with E-state index in [1.807, 2.05) is 13.8 Å². The average molecular weight is 555 g/mol. The lowest BCUT2D eigenvalue weighted by Gasteiger charge is -2.25. The third kappa shape index (κ3) is 15.6. The summed E-state index contributed by atoms with van der Waals surface area (Å²) in [5, 5.41) is 22.6. The molecule has 0 bridgehead atoms. The summed E-state index contributed by atoms with van der Waals surface area (Å²) in [6, 6.07) is 2.87. The van der Waals surface area contributed by atoms with Gasteiger partial charge in [-0.15, -0.1) is 0 Å². The van der Waals surface area contributed by atoms with Gasteiger partial charge in [-0.3, -0.25) is 10.1 Å². The van der Waals surface area contributed by atoms with Gasteiger partial charge in [0.05, 0.1) is 18.1 Å². The number of benzene rings is 1.